The zero-order valence-electron chi connectivity index (χ0n) is 9.52. The SMILES string of the molecule is COc1n[nH]c(NS(=O)(=O)c2ccc(F)cc2Cl)n1. The predicted molar refractivity (Wildman–Crippen MR) is 65.2 cm³/mol. The average molecular weight is 307 g/mol. The van der Waals surface area contributed by atoms with Crippen LogP contribution in [0.4, 0.5) is 10.3 Å². The molecule has 0 unspecified atom stereocenters. The van der Waals surface area contributed by atoms with Crippen LogP contribution >= 0.6 is 11.6 Å². The van der Waals surface area contributed by atoms with Crippen molar-refractivity contribution in [3.05, 3.63) is 29.0 Å². The van der Waals surface area contributed by atoms with Gasteiger partial charge in [-0.2, -0.15) is 4.98 Å². The quantitative estimate of drug-likeness (QED) is 0.890. The maximum Gasteiger partial charge on any atom is 0.336 e. The zero-order valence-corrected chi connectivity index (χ0v) is 11.1. The van der Waals surface area contributed by atoms with E-state index in [2.05, 4.69) is 19.9 Å². The van der Waals surface area contributed by atoms with Crippen molar-refractivity contribution in [3.8, 4) is 6.01 Å². The molecule has 1 heterocycles. The van der Waals surface area contributed by atoms with Gasteiger partial charge in [0.2, 0.25) is 5.95 Å². The molecule has 2 aromatic rings. The summed E-state index contributed by atoms with van der Waals surface area (Å²) in [5.74, 6) is -0.775. The number of aromatic amines is 1. The lowest BCUT2D eigenvalue weighted by atomic mass is 10.3. The summed E-state index contributed by atoms with van der Waals surface area (Å²) in [5, 5.41) is 5.65. The van der Waals surface area contributed by atoms with E-state index in [-0.39, 0.29) is 21.9 Å². The number of rotatable bonds is 4. The van der Waals surface area contributed by atoms with Crippen LogP contribution in [0.5, 0.6) is 6.01 Å². The van der Waals surface area contributed by atoms with Crippen LogP contribution in [0.2, 0.25) is 5.02 Å². The highest BCUT2D eigenvalue weighted by molar-refractivity contribution is 7.92. The summed E-state index contributed by atoms with van der Waals surface area (Å²) in [6.07, 6.45) is 0. The Labute approximate surface area is 112 Å². The minimum Gasteiger partial charge on any atom is -0.466 e. The minimum atomic E-state index is -3.99. The van der Waals surface area contributed by atoms with E-state index in [0.29, 0.717) is 0 Å². The molecule has 0 fully saturated rings. The van der Waals surface area contributed by atoms with Crippen molar-refractivity contribution in [1.29, 1.82) is 0 Å². The molecule has 0 bridgehead atoms. The average Bonchev–Trinajstić information content (AvgIpc) is 2.75. The van der Waals surface area contributed by atoms with Gasteiger partial charge in [-0.1, -0.05) is 11.6 Å². The second-order valence-corrected chi connectivity index (χ2v) is 5.41. The molecule has 0 saturated carbocycles. The summed E-state index contributed by atoms with van der Waals surface area (Å²) in [6.45, 7) is 0. The molecule has 1 aromatic carbocycles. The Morgan fingerprint density at radius 1 is 1.47 bits per heavy atom. The fourth-order valence-corrected chi connectivity index (χ4v) is 2.75. The second kappa shape index (κ2) is 5.02. The van der Waals surface area contributed by atoms with Crippen molar-refractivity contribution in [2.24, 2.45) is 0 Å². The Kier molecular flexibility index (Phi) is 3.58. The standard InChI is InChI=1S/C9H8ClFN4O3S/c1-18-9-12-8(13-14-9)15-19(16,17)7-3-2-5(11)4-6(7)10/h2-4H,1H3,(H2,12,13,14,15). The number of anilines is 1. The Morgan fingerprint density at radius 3 is 2.79 bits per heavy atom. The smallest absolute Gasteiger partial charge is 0.336 e. The first-order chi connectivity index (χ1) is 8.92. The highest BCUT2D eigenvalue weighted by Gasteiger charge is 2.20. The molecule has 0 aliphatic heterocycles. The molecule has 0 aliphatic carbocycles. The molecule has 102 valence electrons. The number of ether oxygens (including phenoxy) is 1. The number of benzene rings is 1. The Balaban J connectivity index is 2.32. The van der Waals surface area contributed by atoms with Gasteiger partial charge in [0.05, 0.1) is 12.1 Å². The van der Waals surface area contributed by atoms with Crippen molar-refractivity contribution in [2.75, 3.05) is 11.8 Å². The number of H-pyrrole nitrogens is 1. The topological polar surface area (TPSA) is 97.0 Å². The van der Waals surface area contributed by atoms with Gasteiger partial charge in [0.15, 0.2) is 0 Å². The van der Waals surface area contributed by atoms with E-state index < -0.39 is 15.8 Å². The molecule has 2 N–H and O–H groups in total. The monoisotopic (exact) mass is 306 g/mol. The van der Waals surface area contributed by atoms with Crippen LogP contribution in [0.25, 0.3) is 0 Å². The van der Waals surface area contributed by atoms with E-state index in [1.807, 2.05) is 0 Å². The van der Waals surface area contributed by atoms with E-state index in [1.165, 1.54) is 7.11 Å². The van der Waals surface area contributed by atoms with Crippen molar-refractivity contribution in [1.82, 2.24) is 15.2 Å². The molecular weight excluding hydrogens is 299 g/mol. The van der Waals surface area contributed by atoms with Gasteiger partial charge in [0.1, 0.15) is 10.7 Å². The summed E-state index contributed by atoms with van der Waals surface area (Å²) >= 11 is 5.68. The van der Waals surface area contributed by atoms with Gasteiger partial charge in [-0.3, -0.25) is 0 Å². The van der Waals surface area contributed by atoms with Gasteiger partial charge in [-0.25, -0.2) is 22.6 Å². The van der Waals surface area contributed by atoms with E-state index in [0.717, 1.165) is 18.2 Å². The zero-order chi connectivity index (χ0) is 14.0. The molecule has 0 atom stereocenters. The van der Waals surface area contributed by atoms with Gasteiger partial charge in [0.25, 0.3) is 10.0 Å². The fourth-order valence-electron chi connectivity index (χ4n) is 1.26. The number of aromatic nitrogens is 3. The highest BCUT2D eigenvalue weighted by Crippen LogP contribution is 2.23. The molecule has 0 radical (unpaired) electrons. The highest BCUT2D eigenvalue weighted by atomic mass is 35.5. The largest absolute Gasteiger partial charge is 0.466 e. The lowest BCUT2D eigenvalue weighted by Crippen LogP contribution is -2.14. The van der Waals surface area contributed by atoms with Crippen molar-refractivity contribution in [2.45, 2.75) is 4.90 Å². The van der Waals surface area contributed by atoms with E-state index in [1.54, 1.807) is 0 Å². The molecule has 1 aromatic heterocycles. The molecule has 19 heavy (non-hydrogen) atoms. The third-order valence-corrected chi connectivity index (χ3v) is 3.88. The van der Waals surface area contributed by atoms with Crippen LogP contribution in [-0.4, -0.2) is 30.7 Å². The minimum absolute atomic E-state index is 0.0251. The fraction of sp³-hybridized carbons (Fsp3) is 0.111. The first-order valence-corrected chi connectivity index (χ1v) is 6.73. The van der Waals surface area contributed by atoms with Crippen LogP contribution in [0.3, 0.4) is 0 Å². The third kappa shape index (κ3) is 2.93. The molecule has 0 amide bonds. The number of sulfonamides is 1. The summed E-state index contributed by atoms with van der Waals surface area (Å²) < 4.78 is 43.6. The summed E-state index contributed by atoms with van der Waals surface area (Å²) in [5.41, 5.74) is 0. The third-order valence-electron chi connectivity index (χ3n) is 2.06. The maximum atomic E-state index is 12.9. The van der Waals surface area contributed by atoms with Crippen LogP contribution in [0.15, 0.2) is 23.1 Å². The van der Waals surface area contributed by atoms with E-state index in [4.69, 9.17) is 16.3 Å². The molecule has 2 rings (SSSR count). The molecule has 0 saturated heterocycles. The summed E-state index contributed by atoms with van der Waals surface area (Å²) in [7, 11) is -2.66. The number of hydrogen-bond donors (Lipinski definition) is 2. The number of methoxy groups -OCH3 is 1. The summed E-state index contributed by atoms with van der Waals surface area (Å²) in [4.78, 5) is 3.42. The lowest BCUT2D eigenvalue weighted by molar-refractivity contribution is 0.382. The van der Waals surface area contributed by atoms with Crippen molar-refractivity contribution < 1.29 is 17.5 Å². The Bertz CT molecular complexity index is 703. The van der Waals surface area contributed by atoms with Crippen LogP contribution < -0.4 is 9.46 Å². The lowest BCUT2D eigenvalue weighted by Gasteiger charge is -2.06. The van der Waals surface area contributed by atoms with Gasteiger partial charge in [0, 0.05) is 0 Å². The number of halogens is 2. The second-order valence-electron chi connectivity index (χ2n) is 3.35. The molecule has 7 nitrogen and oxygen atoms in total. The molecule has 10 heteroatoms. The normalized spacial score (nSPS) is 11.3. The van der Waals surface area contributed by atoms with Crippen molar-refractivity contribution in [3.63, 3.8) is 0 Å². The van der Waals surface area contributed by atoms with E-state index in [9.17, 15) is 12.8 Å². The Morgan fingerprint density at radius 2 is 2.21 bits per heavy atom. The van der Waals surface area contributed by atoms with Gasteiger partial charge in [-0.15, -0.1) is 5.10 Å². The van der Waals surface area contributed by atoms with Crippen molar-refractivity contribution >= 4 is 27.6 Å². The maximum absolute atomic E-state index is 12.9. The number of nitrogens with one attached hydrogen (secondary N) is 2. The number of hydrogen-bond acceptors (Lipinski definition) is 5. The van der Waals surface area contributed by atoms with Crippen LogP contribution in [0.1, 0.15) is 0 Å². The predicted octanol–water partition coefficient (Wildman–Crippen LogP) is 1.41. The van der Waals surface area contributed by atoms with E-state index >= 15 is 0 Å². The first-order valence-electron chi connectivity index (χ1n) is 4.86. The van der Waals surface area contributed by atoms with Crippen LogP contribution in [-0.2, 0) is 10.0 Å². The van der Waals surface area contributed by atoms with Gasteiger partial charge < -0.3 is 4.74 Å². The Hall–Kier alpha value is -1.87. The number of nitrogens with zero attached hydrogens (tertiary/aromatic N) is 2. The molecular formula is C9H8ClFN4O3S. The summed E-state index contributed by atoms with van der Waals surface area (Å²) in [6, 6.07) is 2.91. The van der Waals surface area contributed by atoms with Crippen LogP contribution in [0, 0.1) is 5.82 Å². The van der Waals surface area contributed by atoms with Gasteiger partial charge in [-0.05, 0) is 18.2 Å². The first kappa shape index (κ1) is 13.6. The molecule has 0 spiro atoms. The molecule has 0 aliphatic rings. The van der Waals surface area contributed by atoms with Gasteiger partial charge >= 0.3 is 6.01 Å².